The second kappa shape index (κ2) is 10.4. The van der Waals surface area contributed by atoms with Crippen molar-refractivity contribution in [3.05, 3.63) is 169 Å². The molecule has 4 nitrogen and oxygen atoms in total. The molecule has 0 saturated heterocycles. The normalized spacial score (nSPS) is 12.1. The van der Waals surface area contributed by atoms with Crippen LogP contribution in [0.4, 0.5) is 0 Å². The van der Waals surface area contributed by atoms with Crippen LogP contribution in [0.3, 0.4) is 0 Å². The first-order valence-electron chi connectivity index (χ1n) is 15.5. The van der Waals surface area contributed by atoms with Gasteiger partial charge in [0.1, 0.15) is 0 Å². The highest BCUT2D eigenvalue weighted by Crippen LogP contribution is 2.53. The van der Waals surface area contributed by atoms with E-state index in [4.69, 9.17) is 10.4 Å². The third-order valence-corrected chi connectivity index (χ3v) is 9.06. The van der Waals surface area contributed by atoms with Gasteiger partial charge in [0.15, 0.2) is 11.7 Å². The van der Waals surface area contributed by atoms with Gasteiger partial charge in [0.25, 0.3) is 0 Å². The molecular weight excluding hydrogens is 560 g/mol. The highest BCUT2D eigenvalue weighted by atomic mass is 15.4. The van der Waals surface area contributed by atoms with Gasteiger partial charge in [0, 0.05) is 28.3 Å². The number of nitrogens with zero attached hydrogens (tertiary/aromatic N) is 2. The van der Waals surface area contributed by atoms with Gasteiger partial charge >= 0.3 is 0 Å². The molecule has 46 heavy (non-hydrogen) atoms. The van der Waals surface area contributed by atoms with Crippen LogP contribution in [0.5, 0.6) is 0 Å². The average molecular weight is 589 g/mol. The molecule has 0 amide bonds. The van der Waals surface area contributed by atoms with Crippen LogP contribution in [0.15, 0.2) is 163 Å². The molecule has 9 rings (SSSR count). The molecule has 1 aliphatic rings. The third kappa shape index (κ3) is 4.01. The molecule has 1 aromatic heterocycles. The van der Waals surface area contributed by atoms with E-state index in [0.717, 1.165) is 22.2 Å². The molecule has 1 aliphatic carbocycles. The standard InChI is InChI=1S/C42H28N4/c43-41(27-14-3-1-4-15-27)44-42(28-16-5-2-6-17-28)45-46-26-36-31-20-9-12-23-34(31)39-32-21-10-7-18-29(32)30-19-8-11-22-33(30)40(39)35-24-13-25-37(46)38(35)36/h1-26H,(H2,43,44,45). The number of nitrogens with one attached hydrogen (secondary N) is 2. The Morgan fingerprint density at radius 3 is 1.67 bits per heavy atom. The van der Waals surface area contributed by atoms with Crippen molar-refractivity contribution in [1.29, 1.82) is 5.41 Å². The molecule has 8 aromatic rings. The number of hydrogen-bond acceptors (Lipinski definition) is 1. The summed E-state index contributed by atoms with van der Waals surface area (Å²) in [6, 6.07) is 52.6. The van der Waals surface area contributed by atoms with Crippen LogP contribution < -0.4 is 5.43 Å². The number of rotatable bonds is 3. The molecule has 0 fully saturated rings. The van der Waals surface area contributed by atoms with Crippen LogP contribution in [-0.2, 0) is 0 Å². The Bertz CT molecular complexity index is 2510. The van der Waals surface area contributed by atoms with Gasteiger partial charge in [-0.15, -0.1) is 0 Å². The van der Waals surface area contributed by atoms with Crippen molar-refractivity contribution in [3.63, 3.8) is 0 Å². The summed E-state index contributed by atoms with van der Waals surface area (Å²) in [6.07, 6.45) is 2.19. The number of benzene rings is 7. The van der Waals surface area contributed by atoms with E-state index in [1.165, 1.54) is 54.7 Å². The fourth-order valence-electron chi connectivity index (χ4n) is 7.07. The van der Waals surface area contributed by atoms with Crippen molar-refractivity contribution in [3.8, 4) is 33.4 Å². The fourth-order valence-corrected chi connectivity index (χ4v) is 7.07. The predicted octanol–water partition coefficient (Wildman–Crippen LogP) is 10.3. The molecular formula is C42H28N4. The van der Waals surface area contributed by atoms with E-state index in [2.05, 4.69) is 107 Å². The molecule has 1 heterocycles. The summed E-state index contributed by atoms with van der Waals surface area (Å²) < 4.78 is 2.07. The monoisotopic (exact) mass is 588 g/mol. The van der Waals surface area contributed by atoms with Gasteiger partial charge in [0.2, 0.25) is 0 Å². The fraction of sp³-hybridized carbons (Fsp3) is 0. The van der Waals surface area contributed by atoms with Gasteiger partial charge in [-0.25, -0.2) is 4.99 Å². The summed E-state index contributed by atoms with van der Waals surface area (Å²) in [6.45, 7) is 0. The minimum atomic E-state index is 0.197. The molecule has 216 valence electrons. The van der Waals surface area contributed by atoms with Crippen molar-refractivity contribution in [2.75, 3.05) is 5.43 Å². The van der Waals surface area contributed by atoms with E-state index >= 15 is 0 Å². The summed E-state index contributed by atoms with van der Waals surface area (Å²) in [4.78, 5) is 4.83. The zero-order chi connectivity index (χ0) is 30.6. The van der Waals surface area contributed by atoms with Gasteiger partial charge in [0.05, 0.1) is 5.52 Å². The maximum atomic E-state index is 8.84. The predicted molar refractivity (Wildman–Crippen MR) is 192 cm³/mol. The molecule has 0 bridgehead atoms. The smallest absolute Gasteiger partial charge is 0.154 e. The molecule has 0 saturated carbocycles. The van der Waals surface area contributed by atoms with Crippen molar-refractivity contribution >= 4 is 44.1 Å². The Kier molecular flexibility index (Phi) is 5.93. The lowest BCUT2D eigenvalue weighted by atomic mass is 9.85. The molecule has 0 radical (unpaired) electrons. The molecule has 0 unspecified atom stereocenters. The first-order valence-corrected chi connectivity index (χ1v) is 15.5. The van der Waals surface area contributed by atoms with E-state index in [0.29, 0.717) is 5.84 Å². The number of aliphatic imine (C=N–C) groups is 1. The maximum absolute atomic E-state index is 8.84. The number of aromatic nitrogens is 1. The lowest BCUT2D eigenvalue weighted by molar-refractivity contribution is 1.03. The van der Waals surface area contributed by atoms with E-state index in [1.54, 1.807) is 0 Å². The first-order chi connectivity index (χ1) is 22.8. The second-order valence-corrected chi connectivity index (χ2v) is 11.7. The van der Waals surface area contributed by atoms with E-state index in [9.17, 15) is 0 Å². The number of hydrogen-bond donors (Lipinski definition) is 2. The van der Waals surface area contributed by atoms with E-state index in [-0.39, 0.29) is 5.84 Å². The summed E-state index contributed by atoms with van der Waals surface area (Å²) in [5, 5.41) is 15.0. The molecule has 0 aliphatic heterocycles. The SMILES string of the molecule is N=C(N=C(Nn1cc2c3c(cccc31)-c1c(c3ccccc3c3ccccc13)-c1ccccc1-2)c1ccccc1)c1ccccc1. The Morgan fingerprint density at radius 2 is 1.00 bits per heavy atom. The van der Waals surface area contributed by atoms with Crippen molar-refractivity contribution in [2.45, 2.75) is 0 Å². The third-order valence-electron chi connectivity index (χ3n) is 9.06. The van der Waals surface area contributed by atoms with Crippen LogP contribution in [-0.4, -0.2) is 16.3 Å². The quantitative estimate of drug-likeness (QED) is 0.120. The number of fused-ring (bicyclic) bond motifs is 10. The van der Waals surface area contributed by atoms with Gasteiger partial charge in [-0.2, -0.15) is 0 Å². The summed E-state index contributed by atoms with van der Waals surface area (Å²) in [5.41, 5.74) is 13.6. The maximum Gasteiger partial charge on any atom is 0.154 e. The summed E-state index contributed by atoms with van der Waals surface area (Å²) >= 11 is 0. The minimum absolute atomic E-state index is 0.197. The highest BCUT2D eigenvalue weighted by molar-refractivity contribution is 6.27. The van der Waals surface area contributed by atoms with Crippen molar-refractivity contribution < 1.29 is 0 Å². The lowest BCUT2D eigenvalue weighted by Gasteiger charge is -2.19. The van der Waals surface area contributed by atoms with Gasteiger partial charge in [-0.3, -0.25) is 15.5 Å². The van der Waals surface area contributed by atoms with Crippen LogP contribution in [0.25, 0.3) is 65.8 Å². The Morgan fingerprint density at radius 1 is 0.478 bits per heavy atom. The molecule has 7 aromatic carbocycles. The van der Waals surface area contributed by atoms with E-state index < -0.39 is 0 Å². The molecule has 4 heteroatoms. The summed E-state index contributed by atoms with van der Waals surface area (Å²) in [5.74, 6) is 0.800. The van der Waals surface area contributed by atoms with E-state index in [1.807, 2.05) is 60.7 Å². The van der Waals surface area contributed by atoms with Crippen LogP contribution in [0.1, 0.15) is 11.1 Å². The summed E-state index contributed by atoms with van der Waals surface area (Å²) in [7, 11) is 0. The number of amidine groups is 2. The molecule has 0 spiro atoms. The zero-order valence-corrected chi connectivity index (χ0v) is 24.9. The molecule has 0 atom stereocenters. The Balaban J connectivity index is 1.33. The largest absolute Gasteiger partial charge is 0.282 e. The average Bonchev–Trinajstić information content (AvgIpc) is 3.44. The van der Waals surface area contributed by atoms with Crippen molar-refractivity contribution in [2.24, 2.45) is 4.99 Å². The van der Waals surface area contributed by atoms with Gasteiger partial charge < -0.3 is 0 Å². The van der Waals surface area contributed by atoms with Crippen LogP contribution >= 0.6 is 0 Å². The molecule has 2 N–H and O–H groups in total. The zero-order valence-electron chi connectivity index (χ0n) is 24.9. The first kappa shape index (κ1) is 26.2. The van der Waals surface area contributed by atoms with Gasteiger partial charge in [-0.05, 0) is 55.4 Å². The minimum Gasteiger partial charge on any atom is -0.282 e. The Labute approximate surface area is 266 Å². The topological polar surface area (TPSA) is 53.2 Å². The second-order valence-electron chi connectivity index (χ2n) is 11.7. The lowest BCUT2D eigenvalue weighted by Crippen LogP contribution is -2.24. The van der Waals surface area contributed by atoms with Crippen LogP contribution in [0.2, 0.25) is 0 Å². The van der Waals surface area contributed by atoms with Crippen molar-refractivity contribution in [1.82, 2.24) is 4.68 Å². The van der Waals surface area contributed by atoms with Gasteiger partial charge in [-0.1, -0.05) is 146 Å². The highest BCUT2D eigenvalue weighted by Gasteiger charge is 2.27. The Hall–Kier alpha value is -6.26. The van der Waals surface area contributed by atoms with Crippen LogP contribution in [0, 0.1) is 5.41 Å².